The minimum Gasteiger partial charge on any atom is -0.350 e. The van der Waals surface area contributed by atoms with E-state index in [4.69, 9.17) is 0 Å². The monoisotopic (exact) mass is 254 g/mol. The fourth-order valence-electron chi connectivity index (χ4n) is 1.29. The highest BCUT2D eigenvalue weighted by atomic mass is 32.1. The Hall–Kier alpha value is -0.870. The van der Waals surface area contributed by atoms with Gasteiger partial charge in [0.2, 0.25) is 5.91 Å². The van der Waals surface area contributed by atoms with Crippen LogP contribution < -0.4 is 10.6 Å². The molecule has 0 aliphatic heterocycles. The van der Waals surface area contributed by atoms with Crippen molar-refractivity contribution in [3.8, 4) is 0 Å². The molecule has 0 aliphatic rings. The zero-order valence-corrected chi connectivity index (χ0v) is 11.9. The molecule has 1 heterocycles. The number of carbonyl (C=O) groups excluding carboxylic acids is 1. The summed E-state index contributed by atoms with van der Waals surface area (Å²) in [6, 6.07) is 1.90. The van der Waals surface area contributed by atoms with Crippen molar-refractivity contribution in [1.82, 2.24) is 10.6 Å². The summed E-state index contributed by atoms with van der Waals surface area (Å²) in [7, 11) is 0. The van der Waals surface area contributed by atoms with Gasteiger partial charge < -0.3 is 10.6 Å². The van der Waals surface area contributed by atoms with E-state index in [0.717, 1.165) is 13.0 Å². The first-order valence-corrected chi connectivity index (χ1v) is 6.95. The van der Waals surface area contributed by atoms with Crippen LogP contribution in [0, 0.1) is 0 Å². The molecule has 1 rings (SSSR count). The van der Waals surface area contributed by atoms with E-state index in [2.05, 4.69) is 29.0 Å². The van der Waals surface area contributed by atoms with Crippen LogP contribution in [0.2, 0.25) is 0 Å². The van der Waals surface area contributed by atoms with E-state index >= 15 is 0 Å². The minimum atomic E-state index is -0.166. The molecule has 1 atom stereocenters. The molecule has 0 saturated carbocycles. The lowest BCUT2D eigenvalue weighted by Gasteiger charge is -2.26. The predicted octanol–water partition coefficient (Wildman–Crippen LogP) is 2.53. The number of carbonyl (C=O) groups is 1. The van der Waals surface area contributed by atoms with Crippen molar-refractivity contribution in [3.05, 3.63) is 22.4 Å². The number of hydrogen-bond donors (Lipinski definition) is 2. The van der Waals surface area contributed by atoms with Crippen LogP contribution in [0.1, 0.15) is 39.7 Å². The van der Waals surface area contributed by atoms with Gasteiger partial charge in [0.1, 0.15) is 0 Å². The first-order chi connectivity index (χ1) is 7.94. The molecule has 96 valence electrons. The van der Waals surface area contributed by atoms with Gasteiger partial charge in [-0.05, 0) is 49.6 Å². The third-order valence-corrected chi connectivity index (χ3v) is 3.66. The summed E-state index contributed by atoms with van der Waals surface area (Å²) in [5.41, 5.74) is 1.10. The smallest absolute Gasteiger partial charge is 0.237 e. The highest BCUT2D eigenvalue weighted by molar-refractivity contribution is 7.07. The topological polar surface area (TPSA) is 41.1 Å². The van der Waals surface area contributed by atoms with Crippen LogP contribution in [0.3, 0.4) is 0 Å². The Morgan fingerprint density at radius 1 is 1.53 bits per heavy atom. The van der Waals surface area contributed by atoms with Crippen LogP contribution in [0.25, 0.3) is 0 Å². The van der Waals surface area contributed by atoms with Crippen molar-refractivity contribution in [3.63, 3.8) is 0 Å². The third-order valence-electron chi connectivity index (χ3n) is 2.93. The Kier molecular flexibility index (Phi) is 5.15. The molecular formula is C13H22N2OS. The molecule has 1 unspecified atom stereocenters. The van der Waals surface area contributed by atoms with Crippen LogP contribution in [0.5, 0.6) is 0 Å². The van der Waals surface area contributed by atoms with Gasteiger partial charge in [-0.2, -0.15) is 11.3 Å². The number of amides is 1. The molecule has 3 nitrogen and oxygen atoms in total. The van der Waals surface area contributed by atoms with Crippen molar-refractivity contribution in [2.24, 2.45) is 0 Å². The average molecular weight is 254 g/mol. The number of nitrogens with one attached hydrogen (secondary N) is 2. The van der Waals surface area contributed by atoms with Crippen molar-refractivity contribution in [2.75, 3.05) is 0 Å². The molecule has 0 spiro atoms. The van der Waals surface area contributed by atoms with E-state index in [9.17, 15) is 4.79 Å². The van der Waals surface area contributed by atoms with Crippen LogP contribution in [-0.2, 0) is 11.3 Å². The summed E-state index contributed by atoms with van der Waals surface area (Å²) in [5, 5.41) is 10.4. The molecule has 0 radical (unpaired) electrons. The SMILES string of the molecule is CCC(C)(C)NC(=O)C(C)NCc1ccsc1. The Labute approximate surface area is 108 Å². The van der Waals surface area contributed by atoms with Gasteiger partial charge in [0, 0.05) is 12.1 Å². The fraction of sp³-hybridized carbons (Fsp3) is 0.615. The maximum atomic E-state index is 11.9. The lowest BCUT2D eigenvalue weighted by Crippen LogP contribution is -2.50. The average Bonchev–Trinajstić information content (AvgIpc) is 2.78. The van der Waals surface area contributed by atoms with E-state index in [0.29, 0.717) is 0 Å². The quantitative estimate of drug-likeness (QED) is 0.819. The van der Waals surface area contributed by atoms with Crippen molar-refractivity contribution < 1.29 is 4.79 Å². The Bertz CT molecular complexity index is 346. The third kappa shape index (κ3) is 4.88. The van der Waals surface area contributed by atoms with Crippen LogP contribution >= 0.6 is 11.3 Å². The van der Waals surface area contributed by atoms with Gasteiger partial charge in [0.15, 0.2) is 0 Å². The largest absolute Gasteiger partial charge is 0.350 e. The summed E-state index contributed by atoms with van der Waals surface area (Å²) >= 11 is 1.67. The number of thiophene rings is 1. The summed E-state index contributed by atoms with van der Waals surface area (Å²) < 4.78 is 0. The summed E-state index contributed by atoms with van der Waals surface area (Å²) in [5.74, 6) is 0.0621. The second-order valence-corrected chi connectivity index (χ2v) is 5.74. The first-order valence-electron chi connectivity index (χ1n) is 6.01. The minimum absolute atomic E-state index is 0.0621. The lowest BCUT2D eigenvalue weighted by molar-refractivity contribution is -0.124. The fourth-order valence-corrected chi connectivity index (χ4v) is 1.96. The van der Waals surface area contributed by atoms with Gasteiger partial charge in [-0.25, -0.2) is 0 Å². The van der Waals surface area contributed by atoms with Gasteiger partial charge in [0.05, 0.1) is 6.04 Å². The second-order valence-electron chi connectivity index (χ2n) is 4.96. The van der Waals surface area contributed by atoms with Gasteiger partial charge in [-0.3, -0.25) is 4.79 Å². The van der Waals surface area contributed by atoms with E-state index in [-0.39, 0.29) is 17.5 Å². The normalized spacial score (nSPS) is 13.4. The highest BCUT2D eigenvalue weighted by Crippen LogP contribution is 2.08. The van der Waals surface area contributed by atoms with Crippen LogP contribution in [0.4, 0.5) is 0 Å². The molecule has 0 aromatic carbocycles. The maximum Gasteiger partial charge on any atom is 0.237 e. The van der Waals surface area contributed by atoms with Crippen LogP contribution in [0.15, 0.2) is 16.8 Å². The van der Waals surface area contributed by atoms with E-state index in [1.807, 2.05) is 26.2 Å². The first kappa shape index (κ1) is 14.2. The molecule has 17 heavy (non-hydrogen) atoms. The highest BCUT2D eigenvalue weighted by Gasteiger charge is 2.21. The zero-order valence-electron chi connectivity index (χ0n) is 11.0. The molecule has 0 bridgehead atoms. The zero-order chi connectivity index (χ0) is 12.9. The molecule has 2 N–H and O–H groups in total. The molecule has 4 heteroatoms. The van der Waals surface area contributed by atoms with Gasteiger partial charge in [0.25, 0.3) is 0 Å². The van der Waals surface area contributed by atoms with Gasteiger partial charge in [-0.1, -0.05) is 6.92 Å². The molecule has 0 saturated heterocycles. The molecule has 0 fully saturated rings. The number of rotatable bonds is 6. The molecule has 0 aliphatic carbocycles. The van der Waals surface area contributed by atoms with Crippen molar-refractivity contribution in [1.29, 1.82) is 0 Å². The summed E-state index contributed by atoms with van der Waals surface area (Å²) in [6.07, 6.45) is 0.927. The second kappa shape index (κ2) is 6.17. The van der Waals surface area contributed by atoms with Gasteiger partial charge in [-0.15, -0.1) is 0 Å². The molecule has 1 amide bonds. The molecule has 1 aromatic heterocycles. The standard InChI is InChI=1S/C13H22N2OS/c1-5-13(3,4)15-12(16)10(2)14-8-11-6-7-17-9-11/h6-7,9-10,14H,5,8H2,1-4H3,(H,15,16). The van der Waals surface area contributed by atoms with E-state index in [1.165, 1.54) is 5.56 Å². The van der Waals surface area contributed by atoms with E-state index in [1.54, 1.807) is 11.3 Å². The lowest BCUT2D eigenvalue weighted by atomic mass is 10.0. The predicted molar refractivity (Wildman–Crippen MR) is 73.1 cm³/mol. The molecular weight excluding hydrogens is 232 g/mol. The Balaban J connectivity index is 2.37. The molecule has 1 aromatic rings. The Morgan fingerprint density at radius 2 is 2.24 bits per heavy atom. The van der Waals surface area contributed by atoms with Gasteiger partial charge >= 0.3 is 0 Å². The van der Waals surface area contributed by atoms with Crippen LogP contribution in [-0.4, -0.2) is 17.5 Å². The summed E-state index contributed by atoms with van der Waals surface area (Å²) in [4.78, 5) is 11.9. The van der Waals surface area contributed by atoms with E-state index < -0.39 is 0 Å². The maximum absolute atomic E-state index is 11.9. The number of hydrogen-bond acceptors (Lipinski definition) is 3. The van der Waals surface area contributed by atoms with Crippen molar-refractivity contribution >= 4 is 17.2 Å². The summed E-state index contributed by atoms with van der Waals surface area (Å²) in [6.45, 7) is 8.79. The Morgan fingerprint density at radius 3 is 2.76 bits per heavy atom. The van der Waals surface area contributed by atoms with Crippen molar-refractivity contribution in [2.45, 2.75) is 52.2 Å².